The normalized spacial score (nSPS) is 14.8. The minimum absolute atomic E-state index is 0.102. The number of carbonyl (C=O) groups is 2. The molecule has 9 heteroatoms. The van der Waals surface area contributed by atoms with Crippen LogP contribution in [0, 0.1) is 5.82 Å². The number of halogens is 2. The predicted molar refractivity (Wildman–Crippen MR) is 122 cm³/mol. The van der Waals surface area contributed by atoms with Crippen LogP contribution in [0.3, 0.4) is 0 Å². The molecular formula is C24H20ClFN2O4S. The second-order valence-electron chi connectivity index (χ2n) is 7.54. The Morgan fingerprint density at radius 3 is 2.09 bits per heavy atom. The van der Waals surface area contributed by atoms with E-state index in [-0.39, 0.29) is 59.5 Å². The number of amides is 1. The van der Waals surface area contributed by atoms with E-state index in [1.54, 1.807) is 36.4 Å². The number of hydrogen-bond donors (Lipinski definition) is 0. The Morgan fingerprint density at radius 2 is 1.45 bits per heavy atom. The molecule has 1 amide bonds. The summed E-state index contributed by atoms with van der Waals surface area (Å²) in [5.74, 6) is -1.21. The second-order valence-corrected chi connectivity index (χ2v) is 9.91. The van der Waals surface area contributed by atoms with Crippen molar-refractivity contribution in [3.63, 3.8) is 0 Å². The Bertz CT molecular complexity index is 1300. The summed E-state index contributed by atoms with van der Waals surface area (Å²) in [6.07, 6.45) is 0. The summed E-state index contributed by atoms with van der Waals surface area (Å²) >= 11 is 5.93. The molecule has 0 atom stereocenters. The van der Waals surface area contributed by atoms with Gasteiger partial charge in [-0.3, -0.25) is 9.59 Å². The molecule has 0 unspecified atom stereocenters. The van der Waals surface area contributed by atoms with Gasteiger partial charge >= 0.3 is 0 Å². The summed E-state index contributed by atoms with van der Waals surface area (Å²) < 4.78 is 40.3. The van der Waals surface area contributed by atoms with Gasteiger partial charge in [0.1, 0.15) is 5.82 Å². The number of ketones is 1. The van der Waals surface area contributed by atoms with Crippen LogP contribution in [-0.4, -0.2) is 55.5 Å². The van der Waals surface area contributed by atoms with Gasteiger partial charge in [-0.25, -0.2) is 12.8 Å². The van der Waals surface area contributed by atoms with Crippen LogP contribution in [-0.2, 0) is 10.0 Å². The largest absolute Gasteiger partial charge is 0.336 e. The molecule has 0 spiro atoms. The van der Waals surface area contributed by atoms with E-state index in [4.69, 9.17) is 11.6 Å². The van der Waals surface area contributed by atoms with Crippen molar-refractivity contribution in [3.05, 3.63) is 100 Å². The van der Waals surface area contributed by atoms with Crippen LogP contribution in [0.5, 0.6) is 0 Å². The molecule has 1 aliphatic rings. The van der Waals surface area contributed by atoms with E-state index in [0.29, 0.717) is 5.02 Å². The lowest BCUT2D eigenvalue weighted by molar-refractivity contribution is 0.0694. The Kier molecular flexibility index (Phi) is 6.60. The van der Waals surface area contributed by atoms with Crippen LogP contribution < -0.4 is 0 Å². The highest BCUT2D eigenvalue weighted by atomic mass is 35.5. The highest BCUT2D eigenvalue weighted by Crippen LogP contribution is 2.22. The van der Waals surface area contributed by atoms with E-state index in [0.717, 1.165) is 0 Å². The molecule has 1 heterocycles. The fourth-order valence-corrected chi connectivity index (χ4v) is 5.43. The summed E-state index contributed by atoms with van der Waals surface area (Å²) in [6, 6.07) is 17.6. The van der Waals surface area contributed by atoms with Gasteiger partial charge in [-0.15, -0.1) is 0 Å². The maximum atomic E-state index is 13.2. The number of carbonyl (C=O) groups excluding carboxylic acids is 2. The standard InChI is InChI=1S/C24H20ClFN2O4S/c25-18-4-3-5-20(16-18)33(31,32)28-14-12-27(13-15-28)24(30)22-7-2-1-6-21(22)23(29)17-8-10-19(26)11-9-17/h1-11,16H,12-15H2. The van der Waals surface area contributed by atoms with Crippen LogP contribution in [0.4, 0.5) is 4.39 Å². The molecule has 3 aromatic carbocycles. The Labute approximate surface area is 196 Å². The first-order chi connectivity index (χ1) is 15.8. The van der Waals surface area contributed by atoms with Gasteiger partial charge in [-0.2, -0.15) is 4.31 Å². The molecule has 3 aromatic rings. The van der Waals surface area contributed by atoms with Gasteiger partial charge in [0, 0.05) is 42.3 Å². The lowest BCUT2D eigenvalue weighted by Gasteiger charge is -2.34. The van der Waals surface area contributed by atoms with Gasteiger partial charge in [0.05, 0.1) is 10.5 Å². The Morgan fingerprint density at radius 1 is 0.818 bits per heavy atom. The number of sulfonamides is 1. The summed E-state index contributed by atoms with van der Waals surface area (Å²) in [4.78, 5) is 27.8. The van der Waals surface area contributed by atoms with Gasteiger partial charge in [0.2, 0.25) is 10.0 Å². The van der Waals surface area contributed by atoms with E-state index in [1.807, 2.05) is 0 Å². The number of nitrogens with zero attached hydrogens (tertiary/aromatic N) is 2. The first kappa shape index (κ1) is 23.1. The average Bonchev–Trinajstić information content (AvgIpc) is 2.84. The highest BCUT2D eigenvalue weighted by Gasteiger charge is 2.31. The molecule has 0 aromatic heterocycles. The first-order valence-corrected chi connectivity index (χ1v) is 12.0. The monoisotopic (exact) mass is 486 g/mol. The van der Waals surface area contributed by atoms with Gasteiger partial charge in [0.25, 0.3) is 5.91 Å². The van der Waals surface area contributed by atoms with Crippen LogP contribution >= 0.6 is 11.6 Å². The van der Waals surface area contributed by atoms with E-state index < -0.39 is 15.8 Å². The quantitative estimate of drug-likeness (QED) is 0.513. The van der Waals surface area contributed by atoms with Crippen molar-refractivity contribution in [2.45, 2.75) is 4.90 Å². The van der Waals surface area contributed by atoms with Crippen molar-refractivity contribution < 1.29 is 22.4 Å². The molecule has 1 fully saturated rings. The summed E-state index contributed by atoms with van der Waals surface area (Å²) in [6.45, 7) is 0.596. The molecular weight excluding hydrogens is 467 g/mol. The third-order valence-electron chi connectivity index (χ3n) is 5.47. The van der Waals surface area contributed by atoms with Crippen LogP contribution in [0.15, 0.2) is 77.7 Å². The van der Waals surface area contributed by atoms with Crippen molar-refractivity contribution in [2.24, 2.45) is 0 Å². The minimum Gasteiger partial charge on any atom is -0.336 e. The smallest absolute Gasteiger partial charge is 0.254 e. The van der Waals surface area contributed by atoms with Gasteiger partial charge in [0.15, 0.2) is 5.78 Å². The summed E-state index contributed by atoms with van der Waals surface area (Å²) in [5.41, 5.74) is 0.704. The zero-order chi connectivity index (χ0) is 23.6. The van der Waals surface area contributed by atoms with Crippen molar-refractivity contribution >= 4 is 33.3 Å². The van der Waals surface area contributed by atoms with E-state index >= 15 is 0 Å². The Balaban J connectivity index is 1.51. The lowest BCUT2D eigenvalue weighted by Crippen LogP contribution is -2.50. The van der Waals surface area contributed by atoms with Crippen LogP contribution in [0.1, 0.15) is 26.3 Å². The molecule has 1 aliphatic heterocycles. The van der Waals surface area contributed by atoms with Gasteiger partial charge in [-0.1, -0.05) is 35.9 Å². The number of hydrogen-bond acceptors (Lipinski definition) is 4. The predicted octanol–water partition coefficient (Wildman–Crippen LogP) is 3.86. The van der Waals surface area contributed by atoms with Crippen molar-refractivity contribution in [1.29, 1.82) is 0 Å². The van der Waals surface area contributed by atoms with E-state index in [9.17, 15) is 22.4 Å². The third-order valence-corrected chi connectivity index (χ3v) is 7.60. The van der Waals surface area contributed by atoms with Crippen molar-refractivity contribution in [2.75, 3.05) is 26.2 Å². The SMILES string of the molecule is O=C(c1ccc(F)cc1)c1ccccc1C(=O)N1CCN(S(=O)(=O)c2cccc(Cl)c2)CC1. The average molecular weight is 487 g/mol. The topological polar surface area (TPSA) is 74.8 Å². The highest BCUT2D eigenvalue weighted by molar-refractivity contribution is 7.89. The molecule has 0 saturated carbocycles. The van der Waals surface area contributed by atoms with E-state index in [2.05, 4.69) is 0 Å². The molecule has 6 nitrogen and oxygen atoms in total. The molecule has 33 heavy (non-hydrogen) atoms. The second kappa shape index (κ2) is 9.43. The third kappa shape index (κ3) is 4.83. The van der Waals surface area contributed by atoms with E-state index in [1.165, 1.54) is 45.6 Å². The maximum Gasteiger partial charge on any atom is 0.254 e. The number of benzene rings is 3. The molecule has 4 rings (SSSR count). The van der Waals surface area contributed by atoms with Crippen molar-refractivity contribution in [3.8, 4) is 0 Å². The maximum absolute atomic E-state index is 13.2. The molecule has 170 valence electrons. The molecule has 1 saturated heterocycles. The Hall–Kier alpha value is -3.07. The zero-order valence-corrected chi connectivity index (χ0v) is 19.0. The number of rotatable bonds is 5. The minimum atomic E-state index is -3.73. The van der Waals surface area contributed by atoms with Gasteiger partial charge in [-0.05, 0) is 48.5 Å². The summed E-state index contributed by atoms with van der Waals surface area (Å²) in [7, 11) is -3.73. The molecule has 0 aliphatic carbocycles. The van der Waals surface area contributed by atoms with Gasteiger partial charge < -0.3 is 4.90 Å². The fraction of sp³-hybridized carbons (Fsp3) is 0.167. The fourth-order valence-electron chi connectivity index (χ4n) is 3.70. The van der Waals surface area contributed by atoms with Crippen LogP contribution in [0.25, 0.3) is 0 Å². The number of piperazine rings is 1. The first-order valence-electron chi connectivity index (χ1n) is 10.2. The molecule has 0 bridgehead atoms. The molecule has 0 N–H and O–H groups in total. The summed E-state index contributed by atoms with van der Waals surface area (Å²) in [5, 5.41) is 0.326. The van der Waals surface area contributed by atoms with Crippen LogP contribution in [0.2, 0.25) is 5.02 Å². The zero-order valence-electron chi connectivity index (χ0n) is 17.4. The lowest BCUT2D eigenvalue weighted by atomic mass is 9.97. The molecule has 0 radical (unpaired) electrons. The van der Waals surface area contributed by atoms with Crippen molar-refractivity contribution in [1.82, 2.24) is 9.21 Å².